The molecule has 100 valence electrons. The highest BCUT2D eigenvalue weighted by atomic mass is 16.1. The highest BCUT2D eigenvalue weighted by molar-refractivity contribution is 5.81. The standard InChI is InChI=1S/C15H19N3O/c16-10-13(9-12-5-4-8-17-11-12)15(19)18-14-6-2-1-3-7-14/h4-5,8,11,13-14H,1-3,6-7,9H2,(H,18,19). The lowest BCUT2D eigenvalue weighted by atomic mass is 9.94. The van der Waals surface area contributed by atoms with E-state index in [0.717, 1.165) is 18.4 Å². The normalized spacial score (nSPS) is 17.4. The molecule has 1 aliphatic rings. The molecule has 0 bridgehead atoms. The van der Waals surface area contributed by atoms with Gasteiger partial charge in [0, 0.05) is 18.4 Å². The monoisotopic (exact) mass is 257 g/mol. The Morgan fingerprint density at radius 1 is 1.47 bits per heavy atom. The summed E-state index contributed by atoms with van der Waals surface area (Å²) >= 11 is 0. The van der Waals surface area contributed by atoms with E-state index in [-0.39, 0.29) is 11.9 Å². The van der Waals surface area contributed by atoms with Gasteiger partial charge in [0.1, 0.15) is 5.92 Å². The van der Waals surface area contributed by atoms with E-state index in [4.69, 9.17) is 5.26 Å². The van der Waals surface area contributed by atoms with Crippen molar-refractivity contribution in [2.45, 2.75) is 44.6 Å². The SMILES string of the molecule is N#CC(Cc1cccnc1)C(=O)NC1CCCCC1. The molecular formula is C15H19N3O. The Balaban J connectivity index is 1.90. The second-order valence-corrected chi connectivity index (χ2v) is 5.09. The molecule has 2 rings (SSSR count). The molecule has 0 spiro atoms. The van der Waals surface area contributed by atoms with E-state index in [0.29, 0.717) is 6.42 Å². The van der Waals surface area contributed by atoms with Gasteiger partial charge in [0.25, 0.3) is 0 Å². The molecule has 1 fully saturated rings. The third-order valence-electron chi connectivity index (χ3n) is 3.59. The zero-order valence-corrected chi connectivity index (χ0v) is 11.0. The molecule has 4 nitrogen and oxygen atoms in total. The molecule has 1 amide bonds. The van der Waals surface area contributed by atoms with Gasteiger partial charge >= 0.3 is 0 Å². The van der Waals surface area contributed by atoms with Crippen molar-refractivity contribution in [2.24, 2.45) is 5.92 Å². The van der Waals surface area contributed by atoms with Gasteiger partial charge in [0.15, 0.2) is 0 Å². The van der Waals surface area contributed by atoms with E-state index in [9.17, 15) is 4.79 Å². The van der Waals surface area contributed by atoms with Gasteiger partial charge in [-0.3, -0.25) is 9.78 Å². The minimum atomic E-state index is -0.619. The van der Waals surface area contributed by atoms with Gasteiger partial charge in [-0.15, -0.1) is 0 Å². The number of rotatable bonds is 4. The third-order valence-corrected chi connectivity index (χ3v) is 3.59. The van der Waals surface area contributed by atoms with Gasteiger partial charge in [-0.25, -0.2) is 0 Å². The zero-order chi connectivity index (χ0) is 13.5. The largest absolute Gasteiger partial charge is 0.352 e. The summed E-state index contributed by atoms with van der Waals surface area (Å²) in [4.78, 5) is 16.1. The number of nitriles is 1. The van der Waals surface area contributed by atoms with E-state index in [1.54, 1.807) is 12.4 Å². The Labute approximate surface area is 113 Å². The molecule has 0 aliphatic heterocycles. The Hall–Kier alpha value is -1.89. The smallest absolute Gasteiger partial charge is 0.237 e. The van der Waals surface area contributed by atoms with Gasteiger partial charge < -0.3 is 5.32 Å². The average molecular weight is 257 g/mol. The van der Waals surface area contributed by atoms with Crippen molar-refractivity contribution in [3.63, 3.8) is 0 Å². The van der Waals surface area contributed by atoms with Crippen LogP contribution in [-0.2, 0) is 11.2 Å². The number of hydrogen-bond acceptors (Lipinski definition) is 3. The highest BCUT2D eigenvalue weighted by Crippen LogP contribution is 2.18. The fourth-order valence-electron chi connectivity index (χ4n) is 2.50. The summed E-state index contributed by atoms with van der Waals surface area (Å²) in [7, 11) is 0. The molecule has 0 radical (unpaired) electrons. The summed E-state index contributed by atoms with van der Waals surface area (Å²) in [6.07, 6.45) is 9.50. The minimum Gasteiger partial charge on any atom is -0.352 e. The second kappa shape index (κ2) is 6.89. The number of hydrogen-bond donors (Lipinski definition) is 1. The van der Waals surface area contributed by atoms with Crippen LogP contribution < -0.4 is 5.32 Å². The quantitative estimate of drug-likeness (QED) is 0.899. The van der Waals surface area contributed by atoms with Gasteiger partial charge in [-0.1, -0.05) is 25.3 Å². The topological polar surface area (TPSA) is 65.8 Å². The summed E-state index contributed by atoms with van der Waals surface area (Å²) < 4.78 is 0. The fourth-order valence-corrected chi connectivity index (χ4v) is 2.50. The number of carbonyl (C=O) groups excluding carboxylic acids is 1. The van der Waals surface area contributed by atoms with Crippen LogP contribution >= 0.6 is 0 Å². The first-order valence-corrected chi connectivity index (χ1v) is 6.88. The number of nitrogens with zero attached hydrogens (tertiary/aromatic N) is 2. The van der Waals surface area contributed by atoms with Crippen molar-refractivity contribution in [1.82, 2.24) is 10.3 Å². The lowest BCUT2D eigenvalue weighted by Gasteiger charge is -2.23. The molecule has 1 N–H and O–H groups in total. The summed E-state index contributed by atoms with van der Waals surface area (Å²) in [5.74, 6) is -0.760. The number of pyridine rings is 1. The molecule has 1 aliphatic carbocycles. The molecule has 0 saturated heterocycles. The molecule has 1 heterocycles. The third kappa shape index (κ3) is 4.06. The van der Waals surface area contributed by atoms with Crippen LogP contribution in [0.15, 0.2) is 24.5 Å². The van der Waals surface area contributed by atoms with Crippen LogP contribution in [-0.4, -0.2) is 16.9 Å². The Morgan fingerprint density at radius 2 is 2.26 bits per heavy atom. The van der Waals surface area contributed by atoms with Gasteiger partial charge in [0.2, 0.25) is 5.91 Å². The second-order valence-electron chi connectivity index (χ2n) is 5.09. The van der Waals surface area contributed by atoms with E-state index in [2.05, 4.69) is 16.4 Å². The van der Waals surface area contributed by atoms with Crippen LogP contribution in [0.4, 0.5) is 0 Å². The molecule has 19 heavy (non-hydrogen) atoms. The van der Waals surface area contributed by atoms with E-state index in [1.807, 2.05) is 12.1 Å². The molecule has 0 aromatic carbocycles. The van der Waals surface area contributed by atoms with E-state index >= 15 is 0 Å². The Kier molecular flexibility index (Phi) is 4.91. The highest BCUT2D eigenvalue weighted by Gasteiger charge is 2.22. The van der Waals surface area contributed by atoms with Gasteiger partial charge in [-0.2, -0.15) is 5.26 Å². The fraction of sp³-hybridized carbons (Fsp3) is 0.533. The molecule has 1 aromatic heterocycles. The Bertz CT molecular complexity index is 446. The lowest BCUT2D eigenvalue weighted by Crippen LogP contribution is -2.40. The number of aromatic nitrogens is 1. The van der Waals surface area contributed by atoms with Crippen molar-refractivity contribution >= 4 is 5.91 Å². The van der Waals surface area contributed by atoms with E-state index < -0.39 is 5.92 Å². The molecule has 1 atom stereocenters. The maximum atomic E-state index is 12.1. The first-order valence-electron chi connectivity index (χ1n) is 6.88. The van der Waals surface area contributed by atoms with Crippen LogP contribution in [0.2, 0.25) is 0 Å². The predicted octanol–water partition coefficient (Wildman–Crippen LogP) is 2.21. The molecule has 1 unspecified atom stereocenters. The number of nitrogens with one attached hydrogen (secondary N) is 1. The maximum Gasteiger partial charge on any atom is 0.237 e. The molecule has 4 heteroatoms. The van der Waals surface area contributed by atoms with Crippen molar-refractivity contribution in [3.8, 4) is 6.07 Å². The van der Waals surface area contributed by atoms with Crippen LogP contribution in [0.3, 0.4) is 0 Å². The predicted molar refractivity (Wildman–Crippen MR) is 72.1 cm³/mol. The first-order chi connectivity index (χ1) is 9.29. The Morgan fingerprint density at radius 3 is 2.89 bits per heavy atom. The van der Waals surface area contributed by atoms with Crippen molar-refractivity contribution < 1.29 is 4.79 Å². The summed E-state index contributed by atoms with van der Waals surface area (Å²) in [5.41, 5.74) is 0.924. The van der Waals surface area contributed by atoms with E-state index in [1.165, 1.54) is 19.3 Å². The van der Waals surface area contributed by atoms with Crippen LogP contribution in [0.5, 0.6) is 0 Å². The number of carbonyl (C=O) groups is 1. The minimum absolute atomic E-state index is 0.141. The van der Waals surface area contributed by atoms with Gasteiger partial charge in [-0.05, 0) is 30.9 Å². The van der Waals surface area contributed by atoms with Crippen LogP contribution in [0, 0.1) is 17.2 Å². The van der Waals surface area contributed by atoms with Crippen molar-refractivity contribution in [2.75, 3.05) is 0 Å². The molecular weight excluding hydrogens is 238 g/mol. The molecule has 1 saturated carbocycles. The average Bonchev–Trinajstić information content (AvgIpc) is 2.47. The van der Waals surface area contributed by atoms with Gasteiger partial charge in [0.05, 0.1) is 6.07 Å². The zero-order valence-electron chi connectivity index (χ0n) is 11.0. The first kappa shape index (κ1) is 13.5. The maximum absolute atomic E-state index is 12.1. The van der Waals surface area contributed by atoms with Crippen molar-refractivity contribution in [1.29, 1.82) is 5.26 Å². The summed E-state index contributed by atoms with van der Waals surface area (Å²) in [5, 5.41) is 12.2. The lowest BCUT2D eigenvalue weighted by molar-refractivity contribution is -0.124. The van der Waals surface area contributed by atoms with Crippen LogP contribution in [0.25, 0.3) is 0 Å². The summed E-state index contributed by atoms with van der Waals surface area (Å²) in [6.45, 7) is 0. The summed E-state index contributed by atoms with van der Waals surface area (Å²) in [6, 6.07) is 6.07. The van der Waals surface area contributed by atoms with Crippen molar-refractivity contribution in [3.05, 3.63) is 30.1 Å². The number of amides is 1. The van der Waals surface area contributed by atoms with Crippen LogP contribution in [0.1, 0.15) is 37.7 Å². The molecule has 1 aromatic rings.